The summed E-state index contributed by atoms with van der Waals surface area (Å²) in [7, 11) is 0. The fraction of sp³-hybridized carbons (Fsp3) is 0.286. The Hall–Kier alpha value is -3.38. The molecule has 2 fully saturated rings. The lowest BCUT2D eigenvalue weighted by molar-refractivity contribution is -0.137. The first-order valence-corrected chi connectivity index (χ1v) is 9.20. The number of rotatable bonds is 3. The fourth-order valence-electron chi connectivity index (χ4n) is 3.95. The van der Waals surface area contributed by atoms with Crippen molar-refractivity contribution in [1.29, 1.82) is 0 Å². The van der Waals surface area contributed by atoms with Gasteiger partial charge in [0.25, 0.3) is 5.91 Å². The maximum absolute atomic E-state index is 13.4. The number of hydrogen-bond acceptors (Lipinski definition) is 3. The van der Waals surface area contributed by atoms with E-state index >= 15 is 0 Å². The number of halogens is 3. The second kappa shape index (κ2) is 6.85. The molecule has 0 aromatic heterocycles. The second-order valence-electron chi connectivity index (χ2n) is 7.28. The number of carbonyl (C=O) groups is 2. The van der Waals surface area contributed by atoms with Gasteiger partial charge in [-0.1, -0.05) is 18.2 Å². The van der Waals surface area contributed by atoms with Gasteiger partial charge in [-0.15, -0.1) is 0 Å². The van der Waals surface area contributed by atoms with Crippen LogP contribution in [0.15, 0.2) is 42.5 Å². The largest absolute Gasteiger partial charge is 0.407 e. The summed E-state index contributed by atoms with van der Waals surface area (Å²) >= 11 is 0. The second-order valence-corrected chi connectivity index (χ2v) is 7.28. The van der Waals surface area contributed by atoms with E-state index in [1.165, 1.54) is 11.0 Å². The molecule has 1 spiro atoms. The van der Waals surface area contributed by atoms with Crippen LogP contribution in [0.2, 0.25) is 0 Å². The number of aliphatic hydroxyl groups is 1. The highest BCUT2D eigenvalue weighted by Gasteiger charge is 2.61. The van der Waals surface area contributed by atoms with E-state index in [9.17, 15) is 27.9 Å². The highest BCUT2D eigenvalue weighted by Crippen LogP contribution is 2.48. The maximum Gasteiger partial charge on any atom is 0.407 e. The van der Waals surface area contributed by atoms with E-state index in [4.69, 9.17) is 6.57 Å². The van der Waals surface area contributed by atoms with Crippen LogP contribution >= 0.6 is 0 Å². The molecule has 1 heterocycles. The molecule has 1 saturated carbocycles. The highest BCUT2D eigenvalue weighted by atomic mass is 19.4. The van der Waals surface area contributed by atoms with Gasteiger partial charge in [0.1, 0.15) is 5.54 Å². The molecule has 0 atom stereocenters. The molecule has 4 rings (SSSR count). The summed E-state index contributed by atoms with van der Waals surface area (Å²) < 4.78 is 40.1. The SMILES string of the molecule is [C-]#[N+]c1ccc(N2C(=O)N(c3ccc(CO)cc3)C3(CCC3)C2=O)cc1C(F)(F)F. The number of benzene rings is 2. The summed E-state index contributed by atoms with van der Waals surface area (Å²) in [5.74, 6) is -0.575. The van der Waals surface area contributed by atoms with Crippen LogP contribution in [0.1, 0.15) is 30.4 Å². The molecule has 2 aliphatic rings. The van der Waals surface area contributed by atoms with Gasteiger partial charge < -0.3 is 5.11 Å². The van der Waals surface area contributed by atoms with E-state index in [2.05, 4.69) is 4.85 Å². The Morgan fingerprint density at radius 3 is 2.20 bits per heavy atom. The molecule has 30 heavy (non-hydrogen) atoms. The summed E-state index contributed by atoms with van der Waals surface area (Å²) in [6.07, 6.45) is -3.28. The first-order chi connectivity index (χ1) is 14.2. The van der Waals surface area contributed by atoms with Crippen molar-refractivity contribution in [1.82, 2.24) is 0 Å². The molecule has 1 N–H and O–H groups in total. The molecule has 154 valence electrons. The molecule has 1 aliphatic heterocycles. The molecule has 0 radical (unpaired) electrons. The highest BCUT2D eigenvalue weighted by molar-refractivity contribution is 6.30. The zero-order valence-electron chi connectivity index (χ0n) is 15.6. The van der Waals surface area contributed by atoms with Crippen molar-refractivity contribution in [2.45, 2.75) is 37.6 Å². The Balaban J connectivity index is 1.80. The Bertz CT molecular complexity index is 1070. The molecule has 1 aliphatic carbocycles. The average molecular weight is 415 g/mol. The molecule has 9 heteroatoms. The molecule has 2 aromatic carbocycles. The Morgan fingerprint density at radius 1 is 1.07 bits per heavy atom. The first-order valence-electron chi connectivity index (χ1n) is 9.20. The van der Waals surface area contributed by atoms with Crippen LogP contribution in [0.5, 0.6) is 0 Å². The lowest BCUT2D eigenvalue weighted by atomic mass is 9.75. The minimum Gasteiger partial charge on any atom is -0.392 e. The summed E-state index contributed by atoms with van der Waals surface area (Å²) in [6.45, 7) is 6.77. The maximum atomic E-state index is 13.4. The Labute approximate surface area is 169 Å². The van der Waals surface area contributed by atoms with Crippen molar-refractivity contribution in [3.8, 4) is 0 Å². The number of imide groups is 1. The van der Waals surface area contributed by atoms with Gasteiger partial charge in [-0.05, 0) is 49.1 Å². The van der Waals surface area contributed by atoms with Crippen LogP contribution in [-0.4, -0.2) is 22.6 Å². The van der Waals surface area contributed by atoms with E-state index in [0.29, 0.717) is 36.6 Å². The third-order valence-corrected chi connectivity index (χ3v) is 5.63. The van der Waals surface area contributed by atoms with Gasteiger partial charge in [-0.3, -0.25) is 9.69 Å². The molecule has 1 saturated heterocycles. The number of nitrogens with zero attached hydrogens (tertiary/aromatic N) is 3. The normalized spacial score (nSPS) is 18.0. The van der Waals surface area contributed by atoms with Crippen molar-refractivity contribution < 1.29 is 27.9 Å². The number of urea groups is 1. The van der Waals surface area contributed by atoms with E-state index < -0.39 is 34.9 Å². The van der Waals surface area contributed by atoms with Gasteiger partial charge in [-0.2, -0.15) is 13.2 Å². The summed E-state index contributed by atoms with van der Waals surface area (Å²) in [5, 5.41) is 9.22. The predicted molar refractivity (Wildman–Crippen MR) is 102 cm³/mol. The predicted octanol–water partition coefficient (Wildman–Crippen LogP) is 4.64. The van der Waals surface area contributed by atoms with E-state index in [0.717, 1.165) is 11.0 Å². The zero-order chi connectivity index (χ0) is 21.7. The first kappa shape index (κ1) is 19.9. The van der Waals surface area contributed by atoms with Gasteiger partial charge in [-0.25, -0.2) is 14.5 Å². The van der Waals surface area contributed by atoms with Crippen LogP contribution < -0.4 is 9.80 Å². The lowest BCUT2D eigenvalue weighted by Crippen LogP contribution is -2.55. The van der Waals surface area contributed by atoms with Gasteiger partial charge >= 0.3 is 12.2 Å². The quantitative estimate of drug-likeness (QED) is 0.587. The monoisotopic (exact) mass is 415 g/mol. The number of alkyl halides is 3. The minimum absolute atomic E-state index is 0.182. The van der Waals surface area contributed by atoms with Crippen LogP contribution in [0, 0.1) is 6.57 Å². The number of amides is 3. The summed E-state index contributed by atoms with van der Waals surface area (Å²) in [5.41, 5.74) is -2.08. The summed E-state index contributed by atoms with van der Waals surface area (Å²) in [6, 6.07) is 8.53. The van der Waals surface area contributed by atoms with Gasteiger partial charge in [0.05, 0.1) is 24.4 Å². The number of hydrogen-bond donors (Lipinski definition) is 1. The molecule has 3 amide bonds. The Morgan fingerprint density at radius 2 is 1.70 bits per heavy atom. The van der Waals surface area contributed by atoms with Crippen molar-refractivity contribution in [2.24, 2.45) is 0 Å². The third kappa shape index (κ3) is 2.83. The molecule has 0 bridgehead atoms. The fourth-order valence-corrected chi connectivity index (χ4v) is 3.95. The molecule has 2 aromatic rings. The van der Waals surface area contributed by atoms with E-state index in [1.807, 2.05) is 0 Å². The smallest absolute Gasteiger partial charge is 0.392 e. The summed E-state index contributed by atoms with van der Waals surface area (Å²) in [4.78, 5) is 31.4. The zero-order valence-corrected chi connectivity index (χ0v) is 15.6. The van der Waals surface area contributed by atoms with Crippen LogP contribution in [0.4, 0.5) is 35.0 Å². The van der Waals surface area contributed by atoms with Crippen molar-refractivity contribution in [3.63, 3.8) is 0 Å². The minimum atomic E-state index is -4.80. The van der Waals surface area contributed by atoms with Crippen molar-refractivity contribution in [2.75, 3.05) is 9.80 Å². The Kier molecular flexibility index (Phi) is 4.55. The van der Waals surface area contributed by atoms with Gasteiger partial charge in [0.15, 0.2) is 5.69 Å². The van der Waals surface area contributed by atoms with Crippen LogP contribution in [0.25, 0.3) is 4.85 Å². The number of aliphatic hydroxyl groups excluding tert-OH is 1. The van der Waals surface area contributed by atoms with Crippen LogP contribution in [0.3, 0.4) is 0 Å². The standard InChI is InChI=1S/C21H16F3N3O3/c1-25-17-8-7-15(11-16(17)21(22,23)24)26-18(29)20(9-2-10-20)27(19(26)30)14-5-3-13(12-28)4-6-14/h3-8,11,28H,2,9-10,12H2. The number of carbonyl (C=O) groups excluding carboxylic acids is 2. The molecular weight excluding hydrogens is 399 g/mol. The average Bonchev–Trinajstić information content (AvgIpc) is 2.93. The number of anilines is 2. The molecule has 0 unspecified atom stereocenters. The molecule has 6 nitrogen and oxygen atoms in total. The molecular formula is C21H16F3N3O3. The van der Waals surface area contributed by atoms with Crippen LogP contribution in [-0.2, 0) is 17.6 Å². The van der Waals surface area contributed by atoms with Gasteiger partial charge in [0.2, 0.25) is 0 Å². The van der Waals surface area contributed by atoms with Gasteiger partial charge in [0, 0.05) is 5.69 Å². The van der Waals surface area contributed by atoms with Crippen molar-refractivity contribution in [3.05, 3.63) is 65.0 Å². The van der Waals surface area contributed by atoms with E-state index in [1.54, 1.807) is 24.3 Å². The topological polar surface area (TPSA) is 65.2 Å². The third-order valence-electron chi connectivity index (χ3n) is 5.63. The lowest BCUT2D eigenvalue weighted by Gasteiger charge is -2.42. The van der Waals surface area contributed by atoms with E-state index in [-0.39, 0.29) is 12.3 Å². The van der Waals surface area contributed by atoms with Crippen molar-refractivity contribution >= 4 is 29.0 Å².